The Balaban J connectivity index is 1.31. The molecule has 4 rings (SSSR count). The molecule has 0 spiro atoms. The molecule has 0 saturated carbocycles. The maximum absolute atomic E-state index is 13.0. The number of likely N-dealkylation sites (tertiary alicyclic amines) is 1. The van der Waals surface area contributed by atoms with Crippen molar-refractivity contribution in [3.8, 4) is 11.5 Å². The van der Waals surface area contributed by atoms with Crippen LogP contribution in [-0.4, -0.2) is 60.4 Å². The molecule has 2 aromatic carbocycles. The summed E-state index contributed by atoms with van der Waals surface area (Å²) in [5.74, 6) is 1.62. The first kappa shape index (κ1) is 22.3. The predicted molar refractivity (Wildman–Crippen MR) is 123 cm³/mol. The molecule has 0 radical (unpaired) electrons. The summed E-state index contributed by atoms with van der Waals surface area (Å²) in [4.78, 5) is 30.2. The molecule has 0 bridgehead atoms. The van der Waals surface area contributed by atoms with E-state index in [9.17, 15) is 9.59 Å². The number of nitrogens with zero attached hydrogens (tertiary/aromatic N) is 2. The molecule has 2 aromatic rings. The van der Waals surface area contributed by atoms with Crippen LogP contribution in [0.5, 0.6) is 11.5 Å². The molecule has 2 heterocycles. The quantitative estimate of drug-likeness (QED) is 0.618. The molecule has 1 saturated heterocycles. The first-order valence-electron chi connectivity index (χ1n) is 11.5. The van der Waals surface area contributed by atoms with Crippen LogP contribution < -0.4 is 9.47 Å². The number of carbonyl (C=O) groups excluding carboxylic acids is 2. The standard InChI is InChI=1S/C26H32N2O4/c1-19(2)28(17-20-6-4-3-5-7-20)25(29)18-27-12-10-21(11-13-27)26(30)22-8-9-23-24(16-22)32-15-14-31-23/h3-9,16,19,21H,10-15,17-18H2,1-2H3. The van der Waals surface area contributed by atoms with E-state index in [1.165, 1.54) is 0 Å². The molecule has 6 heteroatoms. The van der Waals surface area contributed by atoms with Gasteiger partial charge in [-0.25, -0.2) is 0 Å². The molecule has 2 aliphatic heterocycles. The highest BCUT2D eigenvalue weighted by Gasteiger charge is 2.29. The average Bonchev–Trinajstić information content (AvgIpc) is 2.82. The van der Waals surface area contributed by atoms with Crippen molar-refractivity contribution in [3.63, 3.8) is 0 Å². The number of piperidine rings is 1. The molecule has 0 aromatic heterocycles. The second-order valence-electron chi connectivity index (χ2n) is 8.87. The highest BCUT2D eigenvalue weighted by atomic mass is 16.6. The normalized spacial score (nSPS) is 16.7. The van der Waals surface area contributed by atoms with E-state index in [-0.39, 0.29) is 23.7 Å². The molecule has 0 N–H and O–H groups in total. The number of benzene rings is 2. The summed E-state index contributed by atoms with van der Waals surface area (Å²) in [5.41, 5.74) is 1.82. The van der Waals surface area contributed by atoms with Gasteiger partial charge in [0.25, 0.3) is 0 Å². The number of hydrogen-bond acceptors (Lipinski definition) is 5. The fourth-order valence-electron chi connectivity index (χ4n) is 4.41. The molecule has 6 nitrogen and oxygen atoms in total. The van der Waals surface area contributed by atoms with Crippen molar-refractivity contribution in [1.29, 1.82) is 0 Å². The summed E-state index contributed by atoms with van der Waals surface area (Å²) in [5, 5.41) is 0. The first-order valence-corrected chi connectivity index (χ1v) is 11.5. The lowest BCUT2D eigenvalue weighted by Gasteiger charge is -2.34. The van der Waals surface area contributed by atoms with Gasteiger partial charge in [-0.05, 0) is 63.5 Å². The Morgan fingerprint density at radius 1 is 1.00 bits per heavy atom. The maximum Gasteiger partial charge on any atom is 0.237 e. The largest absolute Gasteiger partial charge is 0.486 e. The van der Waals surface area contributed by atoms with E-state index in [0.717, 1.165) is 31.5 Å². The predicted octanol–water partition coefficient (Wildman–Crippen LogP) is 3.79. The van der Waals surface area contributed by atoms with Crippen molar-refractivity contribution < 1.29 is 19.1 Å². The molecular weight excluding hydrogens is 404 g/mol. The Hall–Kier alpha value is -2.86. The molecule has 2 aliphatic rings. The van der Waals surface area contributed by atoms with Gasteiger partial charge in [-0.2, -0.15) is 0 Å². The van der Waals surface area contributed by atoms with Crippen LogP contribution in [0.15, 0.2) is 48.5 Å². The number of ketones is 1. The number of Topliss-reactive ketones (excluding diaryl/α,β-unsaturated/α-hetero) is 1. The van der Waals surface area contributed by atoms with E-state index in [1.54, 1.807) is 6.07 Å². The number of carbonyl (C=O) groups is 2. The molecule has 0 aliphatic carbocycles. The molecule has 1 fully saturated rings. The minimum absolute atomic E-state index is 0.0190. The zero-order chi connectivity index (χ0) is 22.5. The number of amides is 1. The van der Waals surface area contributed by atoms with Gasteiger partial charge in [0.1, 0.15) is 13.2 Å². The smallest absolute Gasteiger partial charge is 0.237 e. The van der Waals surface area contributed by atoms with Crippen LogP contribution in [0.2, 0.25) is 0 Å². The maximum atomic E-state index is 13.0. The van der Waals surface area contributed by atoms with Crippen LogP contribution in [0, 0.1) is 5.92 Å². The highest BCUT2D eigenvalue weighted by molar-refractivity contribution is 5.98. The monoisotopic (exact) mass is 436 g/mol. The topological polar surface area (TPSA) is 59.1 Å². The number of ether oxygens (including phenoxy) is 2. The van der Waals surface area contributed by atoms with E-state index in [0.29, 0.717) is 43.4 Å². The number of fused-ring (bicyclic) bond motifs is 1. The minimum atomic E-state index is -0.0190. The van der Waals surface area contributed by atoms with Crippen molar-refractivity contribution in [3.05, 3.63) is 59.7 Å². The fraction of sp³-hybridized carbons (Fsp3) is 0.462. The third kappa shape index (κ3) is 5.30. The molecule has 170 valence electrons. The highest BCUT2D eigenvalue weighted by Crippen LogP contribution is 2.32. The van der Waals surface area contributed by atoms with Crippen molar-refractivity contribution in [2.45, 2.75) is 39.3 Å². The molecule has 1 amide bonds. The first-order chi connectivity index (χ1) is 15.5. The van der Waals surface area contributed by atoms with Gasteiger partial charge in [-0.1, -0.05) is 30.3 Å². The van der Waals surface area contributed by atoms with Crippen LogP contribution in [0.3, 0.4) is 0 Å². The van der Waals surface area contributed by atoms with E-state index in [2.05, 4.69) is 30.9 Å². The second-order valence-corrected chi connectivity index (χ2v) is 8.87. The molecule has 0 atom stereocenters. The summed E-state index contributed by atoms with van der Waals surface area (Å²) in [7, 11) is 0. The van der Waals surface area contributed by atoms with E-state index < -0.39 is 0 Å². The van der Waals surface area contributed by atoms with Crippen LogP contribution in [0.1, 0.15) is 42.6 Å². The summed E-state index contributed by atoms with van der Waals surface area (Å²) < 4.78 is 11.2. The van der Waals surface area contributed by atoms with Gasteiger partial charge in [0.05, 0.1) is 6.54 Å². The Bertz CT molecular complexity index is 936. The lowest BCUT2D eigenvalue weighted by molar-refractivity contribution is -0.135. The van der Waals surface area contributed by atoms with Crippen LogP contribution in [0.25, 0.3) is 0 Å². The number of hydrogen-bond donors (Lipinski definition) is 0. The van der Waals surface area contributed by atoms with Crippen LogP contribution >= 0.6 is 0 Å². The van der Waals surface area contributed by atoms with E-state index in [1.807, 2.05) is 35.2 Å². The minimum Gasteiger partial charge on any atom is -0.486 e. The van der Waals surface area contributed by atoms with Gasteiger partial charge in [0, 0.05) is 24.1 Å². The third-order valence-electron chi connectivity index (χ3n) is 6.28. The summed E-state index contributed by atoms with van der Waals surface area (Å²) >= 11 is 0. The fourth-order valence-corrected chi connectivity index (χ4v) is 4.41. The van der Waals surface area contributed by atoms with Gasteiger partial charge in [0.15, 0.2) is 17.3 Å². The molecule has 0 unspecified atom stereocenters. The Morgan fingerprint density at radius 2 is 1.69 bits per heavy atom. The zero-order valence-electron chi connectivity index (χ0n) is 19.0. The number of rotatable bonds is 7. The SMILES string of the molecule is CC(C)N(Cc1ccccc1)C(=O)CN1CCC(C(=O)c2ccc3c(c2)OCCO3)CC1. The second kappa shape index (κ2) is 10.2. The van der Waals surface area contributed by atoms with Gasteiger partial charge >= 0.3 is 0 Å². The van der Waals surface area contributed by atoms with Crippen LogP contribution in [0.4, 0.5) is 0 Å². The Morgan fingerprint density at radius 3 is 2.38 bits per heavy atom. The van der Waals surface area contributed by atoms with Crippen molar-refractivity contribution in [2.75, 3.05) is 32.8 Å². The summed E-state index contributed by atoms with van der Waals surface area (Å²) in [6.07, 6.45) is 1.53. The van der Waals surface area contributed by atoms with E-state index in [4.69, 9.17) is 9.47 Å². The molecule has 32 heavy (non-hydrogen) atoms. The van der Waals surface area contributed by atoms with Crippen LogP contribution in [-0.2, 0) is 11.3 Å². The van der Waals surface area contributed by atoms with Crippen molar-refractivity contribution in [2.24, 2.45) is 5.92 Å². The molecular formula is C26H32N2O4. The van der Waals surface area contributed by atoms with Crippen molar-refractivity contribution in [1.82, 2.24) is 9.80 Å². The van der Waals surface area contributed by atoms with Gasteiger partial charge in [-0.3, -0.25) is 14.5 Å². The summed E-state index contributed by atoms with van der Waals surface area (Å²) in [6, 6.07) is 15.7. The lowest BCUT2D eigenvalue weighted by Crippen LogP contribution is -2.46. The zero-order valence-corrected chi connectivity index (χ0v) is 19.0. The van der Waals surface area contributed by atoms with Crippen molar-refractivity contribution >= 4 is 11.7 Å². The van der Waals surface area contributed by atoms with Gasteiger partial charge < -0.3 is 14.4 Å². The third-order valence-corrected chi connectivity index (χ3v) is 6.28. The Kier molecular flexibility index (Phi) is 7.10. The average molecular weight is 437 g/mol. The van der Waals surface area contributed by atoms with E-state index >= 15 is 0 Å². The van der Waals surface area contributed by atoms with Gasteiger partial charge in [0.2, 0.25) is 5.91 Å². The summed E-state index contributed by atoms with van der Waals surface area (Å²) in [6.45, 7) is 7.68. The van der Waals surface area contributed by atoms with Gasteiger partial charge in [-0.15, -0.1) is 0 Å². The lowest BCUT2D eigenvalue weighted by atomic mass is 9.88. The Labute approximate surface area is 190 Å².